The largest absolute Gasteiger partial charge is 0.456 e. The summed E-state index contributed by atoms with van der Waals surface area (Å²) >= 11 is 0. The van der Waals surface area contributed by atoms with Gasteiger partial charge in [-0.25, -0.2) is 0 Å². The van der Waals surface area contributed by atoms with Crippen molar-refractivity contribution in [2.75, 3.05) is 5.32 Å². The van der Waals surface area contributed by atoms with Gasteiger partial charge in [-0.05, 0) is 39.0 Å². The Balaban J connectivity index is 1.64. The third-order valence-corrected chi connectivity index (χ3v) is 5.04. The van der Waals surface area contributed by atoms with Crippen molar-refractivity contribution in [3.63, 3.8) is 0 Å². The van der Waals surface area contributed by atoms with E-state index in [9.17, 15) is 4.79 Å². The van der Waals surface area contributed by atoms with Gasteiger partial charge in [0.2, 0.25) is 5.91 Å². The maximum atomic E-state index is 12.8. The molecule has 0 aliphatic rings. The maximum Gasteiger partial charge on any atom is 0.231 e. The van der Waals surface area contributed by atoms with Crippen LogP contribution in [0, 0.1) is 13.8 Å². The summed E-state index contributed by atoms with van der Waals surface area (Å²) < 4.78 is 7.71. The Morgan fingerprint density at radius 3 is 2.58 bits per heavy atom. The minimum atomic E-state index is -0.282. The van der Waals surface area contributed by atoms with Crippen LogP contribution in [0.1, 0.15) is 29.8 Å². The Hall–Kier alpha value is -3.08. The van der Waals surface area contributed by atoms with Crippen LogP contribution in [0.4, 0.5) is 5.69 Å². The minimum Gasteiger partial charge on any atom is -0.456 e. The van der Waals surface area contributed by atoms with Gasteiger partial charge in [0.25, 0.3) is 0 Å². The van der Waals surface area contributed by atoms with E-state index < -0.39 is 0 Å². The van der Waals surface area contributed by atoms with Crippen molar-refractivity contribution in [1.29, 1.82) is 0 Å². The maximum absolute atomic E-state index is 12.8. The number of rotatable bonds is 3. The molecule has 2 aromatic heterocycles. The molecule has 4 rings (SSSR count). The summed E-state index contributed by atoms with van der Waals surface area (Å²) in [6.07, 6.45) is 0. The van der Waals surface area contributed by atoms with E-state index >= 15 is 0 Å². The van der Waals surface area contributed by atoms with Crippen LogP contribution in [0.25, 0.3) is 21.9 Å². The number of benzene rings is 2. The number of hydrogen-bond acceptors (Lipinski definition) is 3. The lowest BCUT2D eigenvalue weighted by Crippen LogP contribution is -2.19. The predicted octanol–water partition coefficient (Wildman–Crippen LogP) is 4.68. The lowest BCUT2D eigenvalue weighted by molar-refractivity contribution is -0.117. The van der Waals surface area contributed by atoms with Crippen molar-refractivity contribution in [3.8, 4) is 0 Å². The average molecular weight is 347 g/mol. The van der Waals surface area contributed by atoms with E-state index in [-0.39, 0.29) is 11.8 Å². The highest BCUT2D eigenvalue weighted by atomic mass is 16.3. The Kier molecular flexibility index (Phi) is 3.80. The molecule has 0 saturated carbocycles. The van der Waals surface area contributed by atoms with E-state index in [1.165, 1.54) is 0 Å². The minimum absolute atomic E-state index is 0.0559. The number of aryl methyl sites for hydroxylation is 2. The fraction of sp³-hybridized carbons (Fsp3) is 0.238. The molecule has 0 spiro atoms. The van der Waals surface area contributed by atoms with Gasteiger partial charge >= 0.3 is 0 Å². The van der Waals surface area contributed by atoms with Crippen LogP contribution >= 0.6 is 0 Å². The van der Waals surface area contributed by atoms with Crippen LogP contribution in [-0.2, 0) is 11.8 Å². The number of aromatic nitrogens is 2. The van der Waals surface area contributed by atoms with Crippen LogP contribution in [-0.4, -0.2) is 15.7 Å². The Morgan fingerprint density at radius 1 is 1.12 bits per heavy atom. The summed E-state index contributed by atoms with van der Waals surface area (Å²) in [4.78, 5) is 12.8. The zero-order valence-electron chi connectivity index (χ0n) is 15.3. The number of carbonyl (C=O) groups is 1. The molecule has 1 amide bonds. The molecule has 4 aromatic rings. The first kappa shape index (κ1) is 16.4. The van der Waals surface area contributed by atoms with Crippen molar-refractivity contribution < 1.29 is 9.21 Å². The fourth-order valence-electron chi connectivity index (χ4n) is 3.60. The number of fused-ring (bicyclic) bond motifs is 3. The SMILES string of the molecule is Cc1nn(C)c(C)c1[C@@H](C)C(=O)Nc1ccc2c(c1)oc1ccccc12. The van der Waals surface area contributed by atoms with E-state index in [0.717, 1.165) is 44.6 Å². The van der Waals surface area contributed by atoms with Crippen LogP contribution in [0.2, 0.25) is 0 Å². The third-order valence-electron chi connectivity index (χ3n) is 5.04. The topological polar surface area (TPSA) is 60.1 Å². The second-order valence-electron chi connectivity index (χ2n) is 6.73. The van der Waals surface area contributed by atoms with E-state index in [1.807, 2.05) is 75.0 Å². The normalized spacial score (nSPS) is 12.6. The van der Waals surface area contributed by atoms with Crippen molar-refractivity contribution in [1.82, 2.24) is 9.78 Å². The molecule has 0 saturated heterocycles. The first-order valence-corrected chi connectivity index (χ1v) is 8.68. The second kappa shape index (κ2) is 6.02. The molecule has 5 nitrogen and oxygen atoms in total. The number of anilines is 1. The Labute approximate surface area is 151 Å². The van der Waals surface area contributed by atoms with Crippen LogP contribution in [0.5, 0.6) is 0 Å². The molecule has 0 aliphatic carbocycles. The monoisotopic (exact) mass is 347 g/mol. The molecule has 1 atom stereocenters. The summed E-state index contributed by atoms with van der Waals surface area (Å²) in [6, 6.07) is 13.7. The van der Waals surface area contributed by atoms with Crippen LogP contribution in [0.15, 0.2) is 46.9 Å². The van der Waals surface area contributed by atoms with Crippen LogP contribution < -0.4 is 5.32 Å². The molecule has 26 heavy (non-hydrogen) atoms. The van der Waals surface area contributed by atoms with Crippen molar-refractivity contribution >= 4 is 33.5 Å². The quantitative estimate of drug-likeness (QED) is 0.585. The lowest BCUT2D eigenvalue weighted by Gasteiger charge is -2.13. The molecular weight excluding hydrogens is 326 g/mol. The van der Waals surface area contributed by atoms with E-state index in [4.69, 9.17) is 4.42 Å². The van der Waals surface area contributed by atoms with Crippen molar-refractivity contribution in [2.45, 2.75) is 26.7 Å². The van der Waals surface area contributed by atoms with Gasteiger partial charge in [0, 0.05) is 40.8 Å². The van der Waals surface area contributed by atoms with Crippen molar-refractivity contribution in [2.24, 2.45) is 7.05 Å². The molecule has 0 bridgehead atoms. The van der Waals surface area contributed by atoms with Gasteiger partial charge in [-0.3, -0.25) is 9.48 Å². The molecule has 1 N–H and O–H groups in total. The lowest BCUT2D eigenvalue weighted by atomic mass is 9.98. The zero-order chi connectivity index (χ0) is 18.4. The van der Waals surface area contributed by atoms with E-state index in [2.05, 4.69) is 10.4 Å². The van der Waals surface area contributed by atoms with Gasteiger partial charge in [0.1, 0.15) is 11.2 Å². The highest BCUT2D eigenvalue weighted by Crippen LogP contribution is 2.31. The molecule has 0 aliphatic heterocycles. The molecule has 0 radical (unpaired) electrons. The number of carbonyl (C=O) groups excluding carboxylic acids is 1. The standard InChI is InChI=1S/C21H21N3O2/c1-12(20-13(2)23-24(4)14(20)3)21(25)22-15-9-10-17-16-7-5-6-8-18(16)26-19(17)11-15/h5-12H,1-4H3,(H,22,25)/t12-/m1/s1. The Bertz CT molecular complexity index is 1140. The smallest absolute Gasteiger partial charge is 0.231 e. The molecule has 2 heterocycles. The van der Waals surface area contributed by atoms with E-state index in [1.54, 1.807) is 0 Å². The summed E-state index contributed by atoms with van der Waals surface area (Å²) in [5, 5.41) is 9.54. The zero-order valence-corrected chi connectivity index (χ0v) is 15.3. The van der Waals surface area contributed by atoms with Gasteiger partial charge in [-0.2, -0.15) is 5.10 Å². The third kappa shape index (κ3) is 2.56. The first-order valence-electron chi connectivity index (χ1n) is 8.68. The van der Waals surface area contributed by atoms with Gasteiger partial charge in [-0.15, -0.1) is 0 Å². The number of nitrogens with zero attached hydrogens (tertiary/aromatic N) is 2. The molecule has 0 fully saturated rings. The van der Waals surface area contributed by atoms with Gasteiger partial charge in [0.05, 0.1) is 11.6 Å². The highest BCUT2D eigenvalue weighted by Gasteiger charge is 2.22. The number of amides is 1. The number of furan rings is 1. The number of para-hydroxylation sites is 1. The van der Waals surface area contributed by atoms with Crippen molar-refractivity contribution in [3.05, 3.63) is 59.4 Å². The molecule has 2 aromatic carbocycles. The highest BCUT2D eigenvalue weighted by molar-refractivity contribution is 6.06. The summed E-state index contributed by atoms with van der Waals surface area (Å²) in [5.74, 6) is -0.338. The molecular formula is C21H21N3O2. The summed E-state index contributed by atoms with van der Waals surface area (Å²) in [7, 11) is 1.89. The molecule has 0 unspecified atom stereocenters. The Morgan fingerprint density at radius 2 is 1.85 bits per heavy atom. The number of nitrogens with one attached hydrogen (secondary N) is 1. The van der Waals surface area contributed by atoms with Gasteiger partial charge < -0.3 is 9.73 Å². The first-order chi connectivity index (χ1) is 12.5. The summed E-state index contributed by atoms with van der Waals surface area (Å²) in [5.41, 5.74) is 5.23. The van der Waals surface area contributed by atoms with Gasteiger partial charge in [-0.1, -0.05) is 18.2 Å². The predicted molar refractivity (Wildman–Crippen MR) is 103 cm³/mol. The fourth-order valence-corrected chi connectivity index (χ4v) is 3.60. The molecule has 132 valence electrons. The average Bonchev–Trinajstić information content (AvgIpc) is 3.10. The van der Waals surface area contributed by atoms with E-state index in [0.29, 0.717) is 0 Å². The van der Waals surface area contributed by atoms with Crippen LogP contribution in [0.3, 0.4) is 0 Å². The summed E-state index contributed by atoms with van der Waals surface area (Å²) in [6.45, 7) is 5.83. The second-order valence-corrected chi connectivity index (χ2v) is 6.73. The molecule has 5 heteroatoms. The van der Waals surface area contributed by atoms with Gasteiger partial charge in [0.15, 0.2) is 0 Å². The number of hydrogen-bond donors (Lipinski definition) is 1.